The lowest BCUT2D eigenvalue weighted by atomic mass is 10.2. The van der Waals surface area contributed by atoms with Gasteiger partial charge in [-0.3, -0.25) is 4.79 Å². The van der Waals surface area contributed by atoms with Crippen molar-refractivity contribution >= 4 is 31.6 Å². The number of ether oxygens (including phenoxy) is 2. The molecule has 1 aliphatic rings. The zero-order valence-corrected chi connectivity index (χ0v) is 19.3. The molecular weight excluding hydrogens is 458 g/mol. The minimum Gasteiger partial charge on any atom is -0.495 e. The van der Waals surface area contributed by atoms with Crippen molar-refractivity contribution in [1.29, 1.82) is 0 Å². The molecule has 0 saturated carbocycles. The number of morpholine rings is 1. The minimum atomic E-state index is -3.89. The first-order chi connectivity index (χ1) is 15.1. The van der Waals surface area contributed by atoms with Crippen LogP contribution in [0.1, 0.15) is 12.5 Å². The second-order valence-electron chi connectivity index (χ2n) is 7.03. The monoisotopic (exact) mass is 483 g/mol. The number of carbonyl (C=O) groups is 1. The predicted octanol–water partition coefficient (Wildman–Crippen LogP) is 1.15. The van der Waals surface area contributed by atoms with Crippen molar-refractivity contribution in [2.24, 2.45) is 0 Å². The van der Waals surface area contributed by atoms with Crippen LogP contribution in [-0.2, 0) is 36.1 Å². The van der Waals surface area contributed by atoms with Crippen LogP contribution in [-0.4, -0.2) is 60.5 Å². The highest BCUT2D eigenvalue weighted by Crippen LogP contribution is 2.27. The third-order valence-electron chi connectivity index (χ3n) is 4.79. The van der Waals surface area contributed by atoms with E-state index in [1.54, 1.807) is 12.1 Å². The first kappa shape index (κ1) is 24.1. The topological polar surface area (TPSA) is 131 Å². The lowest BCUT2D eigenvalue weighted by molar-refractivity contribution is -0.114. The second kappa shape index (κ2) is 9.96. The summed E-state index contributed by atoms with van der Waals surface area (Å²) in [7, 11) is -6.10. The molecule has 1 fully saturated rings. The van der Waals surface area contributed by atoms with E-state index in [4.69, 9.17) is 9.47 Å². The number of hydrogen-bond donors (Lipinski definition) is 2. The molecular formula is C20H25N3O7S2. The van der Waals surface area contributed by atoms with Crippen LogP contribution in [0.2, 0.25) is 0 Å². The molecule has 0 aromatic heterocycles. The van der Waals surface area contributed by atoms with Crippen LogP contribution in [0.4, 0.5) is 5.69 Å². The summed E-state index contributed by atoms with van der Waals surface area (Å²) in [6.45, 7) is 2.57. The molecule has 32 heavy (non-hydrogen) atoms. The highest BCUT2D eigenvalue weighted by atomic mass is 32.2. The summed E-state index contributed by atoms with van der Waals surface area (Å²) in [4.78, 5) is 11.5. The maximum Gasteiger partial charge on any atom is 0.243 e. The smallest absolute Gasteiger partial charge is 0.243 e. The SMILES string of the molecule is COc1ccc(S(=O)(=O)NCc2ccc(S(=O)(=O)N3CCOCC3)cc2)cc1NC(C)=O. The van der Waals surface area contributed by atoms with Gasteiger partial charge in [0.1, 0.15) is 5.75 Å². The summed E-state index contributed by atoms with van der Waals surface area (Å²) in [5.41, 5.74) is 0.825. The molecule has 0 unspecified atom stereocenters. The van der Waals surface area contributed by atoms with Gasteiger partial charge in [0.05, 0.1) is 35.8 Å². The van der Waals surface area contributed by atoms with Gasteiger partial charge in [-0.2, -0.15) is 4.31 Å². The Kier molecular flexibility index (Phi) is 7.51. The first-order valence-corrected chi connectivity index (χ1v) is 12.7. The number of rotatable bonds is 8. The Morgan fingerprint density at radius 3 is 2.25 bits per heavy atom. The molecule has 0 spiro atoms. The third-order valence-corrected chi connectivity index (χ3v) is 8.10. The maximum atomic E-state index is 12.7. The summed E-state index contributed by atoms with van der Waals surface area (Å²) in [6, 6.07) is 10.2. The molecule has 1 saturated heterocycles. The van der Waals surface area contributed by atoms with E-state index in [0.29, 0.717) is 37.6 Å². The van der Waals surface area contributed by atoms with Crippen molar-refractivity contribution in [3.8, 4) is 5.75 Å². The Hall–Kier alpha value is -2.51. The standard InChI is InChI=1S/C20H25N3O7S2/c1-15(24)22-19-13-18(7-8-20(19)29-2)31(25,26)21-14-16-3-5-17(6-4-16)32(27,28)23-9-11-30-12-10-23/h3-8,13,21H,9-12,14H2,1-2H3,(H,22,24). The molecule has 1 amide bonds. The van der Waals surface area contributed by atoms with Gasteiger partial charge >= 0.3 is 0 Å². The zero-order chi connectivity index (χ0) is 23.4. The summed E-state index contributed by atoms with van der Waals surface area (Å²) in [5, 5.41) is 2.53. The summed E-state index contributed by atoms with van der Waals surface area (Å²) >= 11 is 0. The molecule has 10 nitrogen and oxygen atoms in total. The Morgan fingerprint density at radius 2 is 1.66 bits per heavy atom. The van der Waals surface area contributed by atoms with Gasteiger partial charge in [-0.1, -0.05) is 12.1 Å². The van der Waals surface area contributed by atoms with Crippen molar-refractivity contribution in [2.45, 2.75) is 23.3 Å². The summed E-state index contributed by atoms with van der Waals surface area (Å²) < 4.78 is 64.9. The second-order valence-corrected chi connectivity index (χ2v) is 10.7. The molecule has 2 aromatic rings. The molecule has 3 rings (SSSR count). The van der Waals surface area contributed by atoms with Gasteiger partial charge in [0, 0.05) is 26.6 Å². The number of methoxy groups -OCH3 is 1. The van der Waals surface area contributed by atoms with E-state index in [-0.39, 0.29) is 27.9 Å². The van der Waals surface area contributed by atoms with Crippen LogP contribution in [0.5, 0.6) is 5.75 Å². The zero-order valence-electron chi connectivity index (χ0n) is 17.7. The van der Waals surface area contributed by atoms with E-state index in [9.17, 15) is 21.6 Å². The van der Waals surface area contributed by atoms with Crippen molar-refractivity contribution in [2.75, 3.05) is 38.7 Å². The predicted molar refractivity (Wildman–Crippen MR) is 117 cm³/mol. The van der Waals surface area contributed by atoms with Crippen molar-refractivity contribution in [3.63, 3.8) is 0 Å². The van der Waals surface area contributed by atoms with E-state index in [2.05, 4.69) is 10.0 Å². The Balaban J connectivity index is 1.71. The van der Waals surface area contributed by atoms with Crippen molar-refractivity contribution in [3.05, 3.63) is 48.0 Å². The third kappa shape index (κ3) is 5.64. The fourth-order valence-corrected chi connectivity index (χ4v) is 5.57. The van der Waals surface area contributed by atoms with E-state index in [1.165, 1.54) is 48.7 Å². The quantitative estimate of drug-likeness (QED) is 0.576. The largest absolute Gasteiger partial charge is 0.495 e. The van der Waals surface area contributed by atoms with E-state index >= 15 is 0 Å². The van der Waals surface area contributed by atoms with Gasteiger partial charge in [-0.25, -0.2) is 21.6 Å². The van der Waals surface area contributed by atoms with Crippen LogP contribution >= 0.6 is 0 Å². The van der Waals surface area contributed by atoms with Crippen molar-refractivity contribution in [1.82, 2.24) is 9.03 Å². The number of carbonyl (C=O) groups excluding carboxylic acids is 1. The van der Waals surface area contributed by atoms with Gasteiger partial charge in [-0.15, -0.1) is 0 Å². The Bertz CT molecular complexity index is 1170. The van der Waals surface area contributed by atoms with Crippen LogP contribution in [0.15, 0.2) is 52.3 Å². The highest BCUT2D eigenvalue weighted by Gasteiger charge is 2.26. The number of sulfonamides is 2. The van der Waals surface area contributed by atoms with Gasteiger partial charge in [-0.05, 0) is 35.9 Å². The minimum absolute atomic E-state index is 0.0400. The average Bonchev–Trinajstić information content (AvgIpc) is 2.78. The number of nitrogens with zero attached hydrogens (tertiary/aromatic N) is 1. The van der Waals surface area contributed by atoms with Crippen LogP contribution in [0.3, 0.4) is 0 Å². The van der Waals surface area contributed by atoms with Gasteiger partial charge < -0.3 is 14.8 Å². The molecule has 1 heterocycles. The normalized spacial score (nSPS) is 15.3. The number of anilines is 1. The van der Waals surface area contributed by atoms with Crippen LogP contribution in [0.25, 0.3) is 0 Å². The molecule has 2 N–H and O–H groups in total. The van der Waals surface area contributed by atoms with Crippen molar-refractivity contribution < 1.29 is 31.1 Å². The van der Waals surface area contributed by atoms with Gasteiger partial charge in [0.25, 0.3) is 0 Å². The first-order valence-electron chi connectivity index (χ1n) is 9.75. The van der Waals surface area contributed by atoms with E-state index < -0.39 is 20.0 Å². The fraction of sp³-hybridized carbons (Fsp3) is 0.350. The number of amides is 1. The lowest BCUT2D eigenvalue weighted by Crippen LogP contribution is -2.40. The van der Waals surface area contributed by atoms with E-state index in [0.717, 1.165) is 0 Å². The highest BCUT2D eigenvalue weighted by molar-refractivity contribution is 7.89. The van der Waals surface area contributed by atoms with E-state index in [1.807, 2.05) is 0 Å². The molecule has 2 aromatic carbocycles. The summed E-state index contributed by atoms with van der Waals surface area (Å²) in [6.07, 6.45) is 0. The number of nitrogens with one attached hydrogen (secondary N) is 2. The summed E-state index contributed by atoms with van der Waals surface area (Å²) in [5.74, 6) is -0.0332. The molecule has 0 bridgehead atoms. The molecule has 1 aliphatic heterocycles. The Morgan fingerprint density at radius 1 is 1.03 bits per heavy atom. The molecule has 0 radical (unpaired) electrons. The van der Waals surface area contributed by atoms with Gasteiger partial charge in [0.15, 0.2) is 0 Å². The van der Waals surface area contributed by atoms with Crippen LogP contribution in [0, 0.1) is 0 Å². The lowest BCUT2D eigenvalue weighted by Gasteiger charge is -2.26. The fourth-order valence-electron chi connectivity index (χ4n) is 3.12. The Labute approximate surface area is 187 Å². The van der Waals surface area contributed by atoms with Crippen LogP contribution < -0.4 is 14.8 Å². The average molecular weight is 484 g/mol. The number of hydrogen-bond acceptors (Lipinski definition) is 7. The molecule has 174 valence electrons. The molecule has 0 atom stereocenters. The van der Waals surface area contributed by atoms with Gasteiger partial charge in [0.2, 0.25) is 26.0 Å². The molecule has 0 aliphatic carbocycles. The maximum absolute atomic E-state index is 12.7. The number of benzene rings is 2. The molecule has 12 heteroatoms.